The molecule has 2 aliphatic heterocycles. The van der Waals surface area contributed by atoms with Crippen molar-refractivity contribution in [3.63, 3.8) is 0 Å². The molecule has 2 bridgehead atoms. The third kappa shape index (κ3) is 2.93. The SMILES string of the molecule is CN(C)S(=O)(=O)c1ccc(N2CCC3CCC(C2)N3)cc1. The first-order valence-electron chi connectivity index (χ1n) is 7.50. The second-order valence-corrected chi connectivity index (χ2v) is 8.31. The highest BCUT2D eigenvalue weighted by Gasteiger charge is 2.29. The standard InChI is InChI=1S/C15H23N3O2S/c1-17(2)21(19,20)15-7-5-14(6-8-15)18-10-9-12-3-4-13(11-18)16-12/h5-8,12-13,16H,3-4,9-11H2,1-2H3. The minimum absolute atomic E-state index is 0.353. The molecule has 116 valence electrons. The number of hydrogen-bond acceptors (Lipinski definition) is 4. The number of rotatable bonds is 3. The highest BCUT2D eigenvalue weighted by Crippen LogP contribution is 2.25. The maximum atomic E-state index is 12.1. The Bertz CT molecular complexity index is 598. The van der Waals surface area contributed by atoms with Crippen LogP contribution >= 0.6 is 0 Å². The lowest BCUT2D eigenvalue weighted by molar-refractivity contribution is 0.520. The molecule has 1 aromatic carbocycles. The minimum Gasteiger partial charge on any atom is -0.370 e. The fraction of sp³-hybridized carbons (Fsp3) is 0.600. The summed E-state index contributed by atoms with van der Waals surface area (Å²) < 4.78 is 25.4. The average Bonchev–Trinajstić information content (AvgIpc) is 2.78. The smallest absolute Gasteiger partial charge is 0.242 e. The molecule has 0 aromatic heterocycles. The zero-order valence-corrected chi connectivity index (χ0v) is 13.4. The van der Waals surface area contributed by atoms with Crippen LogP contribution in [0.3, 0.4) is 0 Å². The van der Waals surface area contributed by atoms with Crippen molar-refractivity contribution in [1.82, 2.24) is 9.62 Å². The van der Waals surface area contributed by atoms with Gasteiger partial charge in [-0.25, -0.2) is 12.7 Å². The van der Waals surface area contributed by atoms with E-state index in [2.05, 4.69) is 10.2 Å². The van der Waals surface area contributed by atoms with Crippen molar-refractivity contribution in [2.45, 2.75) is 36.2 Å². The van der Waals surface area contributed by atoms with Crippen LogP contribution in [-0.4, -0.2) is 52.0 Å². The molecule has 0 spiro atoms. The molecule has 2 fully saturated rings. The van der Waals surface area contributed by atoms with Crippen LogP contribution in [0.4, 0.5) is 5.69 Å². The van der Waals surface area contributed by atoms with E-state index in [1.807, 2.05) is 12.1 Å². The Morgan fingerprint density at radius 3 is 2.43 bits per heavy atom. The molecule has 2 atom stereocenters. The molecule has 3 rings (SSSR count). The summed E-state index contributed by atoms with van der Waals surface area (Å²) in [5.41, 5.74) is 1.11. The number of anilines is 1. The van der Waals surface area contributed by atoms with E-state index in [0.717, 1.165) is 25.2 Å². The highest BCUT2D eigenvalue weighted by atomic mass is 32.2. The van der Waals surface area contributed by atoms with E-state index in [1.54, 1.807) is 26.2 Å². The third-order valence-electron chi connectivity index (χ3n) is 4.50. The van der Waals surface area contributed by atoms with Crippen LogP contribution in [0.15, 0.2) is 29.2 Å². The molecule has 2 aliphatic rings. The zero-order chi connectivity index (χ0) is 15.0. The Labute approximate surface area is 127 Å². The predicted molar refractivity (Wildman–Crippen MR) is 84.1 cm³/mol. The van der Waals surface area contributed by atoms with E-state index in [9.17, 15) is 8.42 Å². The summed E-state index contributed by atoms with van der Waals surface area (Å²) >= 11 is 0. The summed E-state index contributed by atoms with van der Waals surface area (Å²) in [4.78, 5) is 2.72. The quantitative estimate of drug-likeness (QED) is 0.913. The average molecular weight is 309 g/mol. The molecule has 2 heterocycles. The molecule has 2 unspecified atom stereocenters. The molecular weight excluding hydrogens is 286 g/mol. The topological polar surface area (TPSA) is 52.7 Å². The molecule has 2 saturated heterocycles. The van der Waals surface area contributed by atoms with Gasteiger partial charge in [0.05, 0.1) is 4.90 Å². The lowest BCUT2D eigenvalue weighted by Gasteiger charge is -2.26. The molecule has 1 N–H and O–H groups in total. The fourth-order valence-electron chi connectivity index (χ4n) is 3.22. The molecule has 5 nitrogen and oxygen atoms in total. The van der Waals surface area contributed by atoms with Crippen LogP contribution in [0.25, 0.3) is 0 Å². The molecule has 0 amide bonds. The van der Waals surface area contributed by atoms with Gasteiger partial charge in [-0.3, -0.25) is 0 Å². The van der Waals surface area contributed by atoms with Crippen molar-refractivity contribution in [3.8, 4) is 0 Å². The second kappa shape index (κ2) is 5.59. The molecule has 0 aliphatic carbocycles. The number of benzene rings is 1. The van der Waals surface area contributed by atoms with Crippen LogP contribution in [0.1, 0.15) is 19.3 Å². The highest BCUT2D eigenvalue weighted by molar-refractivity contribution is 7.89. The summed E-state index contributed by atoms with van der Waals surface area (Å²) in [6, 6.07) is 8.50. The van der Waals surface area contributed by atoms with Crippen LogP contribution in [0, 0.1) is 0 Å². The van der Waals surface area contributed by atoms with Crippen LogP contribution < -0.4 is 10.2 Å². The van der Waals surface area contributed by atoms with Crippen molar-refractivity contribution < 1.29 is 8.42 Å². The molecule has 0 radical (unpaired) electrons. The van der Waals surface area contributed by atoms with Crippen molar-refractivity contribution in [1.29, 1.82) is 0 Å². The number of hydrogen-bond donors (Lipinski definition) is 1. The van der Waals surface area contributed by atoms with Gasteiger partial charge in [0.15, 0.2) is 0 Å². The maximum absolute atomic E-state index is 12.1. The number of sulfonamides is 1. The van der Waals surface area contributed by atoms with E-state index in [4.69, 9.17) is 0 Å². The van der Waals surface area contributed by atoms with Crippen molar-refractivity contribution in [2.24, 2.45) is 0 Å². The largest absolute Gasteiger partial charge is 0.370 e. The monoisotopic (exact) mass is 309 g/mol. The van der Waals surface area contributed by atoms with Gasteiger partial charge in [0.1, 0.15) is 0 Å². The first-order valence-corrected chi connectivity index (χ1v) is 8.94. The van der Waals surface area contributed by atoms with Crippen LogP contribution in [0.5, 0.6) is 0 Å². The van der Waals surface area contributed by atoms with Crippen LogP contribution in [0.2, 0.25) is 0 Å². The molecular formula is C15H23N3O2S. The Balaban J connectivity index is 1.78. The second-order valence-electron chi connectivity index (χ2n) is 6.15. The van der Waals surface area contributed by atoms with E-state index in [-0.39, 0.29) is 0 Å². The van der Waals surface area contributed by atoms with Gasteiger partial charge in [-0.1, -0.05) is 0 Å². The van der Waals surface area contributed by atoms with Gasteiger partial charge in [-0.2, -0.15) is 0 Å². The van der Waals surface area contributed by atoms with E-state index in [0.29, 0.717) is 17.0 Å². The number of fused-ring (bicyclic) bond motifs is 2. The fourth-order valence-corrected chi connectivity index (χ4v) is 4.12. The molecule has 1 aromatic rings. The third-order valence-corrected chi connectivity index (χ3v) is 6.33. The Morgan fingerprint density at radius 1 is 1.10 bits per heavy atom. The minimum atomic E-state index is -3.34. The number of nitrogens with one attached hydrogen (secondary N) is 1. The zero-order valence-electron chi connectivity index (χ0n) is 12.6. The van der Waals surface area contributed by atoms with Crippen molar-refractivity contribution in [3.05, 3.63) is 24.3 Å². The lowest BCUT2D eigenvalue weighted by Crippen LogP contribution is -2.35. The van der Waals surface area contributed by atoms with Gasteiger partial charge in [0, 0.05) is 45.0 Å². The Hall–Kier alpha value is -1.11. The summed E-state index contributed by atoms with van der Waals surface area (Å²) in [6.45, 7) is 2.05. The summed E-state index contributed by atoms with van der Waals surface area (Å²) in [7, 11) is -0.225. The normalized spacial score (nSPS) is 26.1. The van der Waals surface area contributed by atoms with E-state index >= 15 is 0 Å². The van der Waals surface area contributed by atoms with Gasteiger partial charge in [0.2, 0.25) is 10.0 Å². The lowest BCUT2D eigenvalue weighted by atomic mass is 10.1. The van der Waals surface area contributed by atoms with E-state index in [1.165, 1.54) is 17.1 Å². The van der Waals surface area contributed by atoms with Crippen molar-refractivity contribution >= 4 is 15.7 Å². The van der Waals surface area contributed by atoms with Gasteiger partial charge in [0.25, 0.3) is 0 Å². The van der Waals surface area contributed by atoms with Gasteiger partial charge in [-0.05, 0) is 43.5 Å². The molecule has 21 heavy (non-hydrogen) atoms. The van der Waals surface area contributed by atoms with Gasteiger partial charge < -0.3 is 10.2 Å². The Morgan fingerprint density at radius 2 is 1.76 bits per heavy atom. The Kier molecular flexibility index (Phi) is 3.94. The number of nitrogens with zero attached hydrogens (tertiary/aromatic N) is 2. The first kappa shape index (κ1) is 14.8. The van der Waals surface area contributed by atoms with Crippen LogP contribution in [-0.2, 0) is 10.0 Å². The molecule has 6 heteroatoms. The summed E-state index contributed by atoms with van der Waals surface area (Å²) in [5, 5.41) is 3.66. The predicted octanol–water partition coefficient (Wildman–Crippen LogP) is 1.27. The van der Waals surface area contributed by atoms with Gasteiger partial charge in [-0.15, -0.1) is 0 Å². The maximum Gasteiger partial charge on any atom is 0.242 e. The van der Waals surface area contributed by atoms with Crippen molar-refractivity contribution in [2.75, 3.05) is 32.1 Å². The van der Waals surface area contributed by atoms with Gasteiger partial charge >= 0.3 is 0 Å². The summed E-state index contributed by atoms with van der Waals surface area (Å²) in [5.74, 6) is 0. The molecule has 0 saturated carbocycles. The summed E-state index contributed by atoms with van der Waals surface area (Å²) in [6.07, 6.45) is 3.70. The van der Waals surface area contributed by atoms with E-state index < -0.39 is 10.0 Å². The first-order chi connectivity index (χ1) is 9.96.